The number of aryl methyl sites for hydroxylation is 1. The quantitative estimate of drug-likeness (QED) is 0.0870. The first kappa shape index (κ1) is 35.4. The molecule has 1 saturated heterocycles. The summed E-state index contributed by atoms with van der Waals surface area (Å²) in [5.41, 5.74) is 13.7. The molecule has 0 radical (unpaired) electrons. The van der Waals surface area contributed by atoms with Crippen molar-refractivity contribution >= 4 is 27.8 Å². The molecule has 5 atom stereocenters. The van der Waals surface area contributed by atoms with E-state index in [4.69, 9.17) is 30.1 Å². The Morgan fingerprint density at radius 1 is 1.13 bits per heavy atom. The van der Waals surface area contributed by atoms with E-state index in [2.05, 4.69) is 44.7 Å². The first-order chi connectivity index (χ1) is 25.8. The minimum Gasteiger partial charge on any atom is -0.507 e. The van der Waals surface area contributed by atoms with E-state index in [1.807, 2.05) is 24.4 Å². The summed E-state index contributed by atoms with van der Waals surface area (Å²) in [5.74, 6) is 1.05. The Morgan fingerprint density at radius 3 is 2.74 bits per heavy atom. The molecule has 284 valence electrons. The number of aromatic nitrogens is 2. The Morgan fingerprint density at radius 2 is 1.94 bits per heavy atom. The summed E-state index contributed by atoms with van der Waals surface area (Å²) in [5, 5.41) is 28.8. The molecule has 14 nitrogen and oxygen atoms in total. The largest absolute Gasteiger partial charge is 0.507 e. The van der Waals surface area contributed by atoms with Crippen LogP contribution in [0.2, 0.25) is 0 Å². The number of nitrogens with one attached hydrogen (secondary N) is 3. The van der Waals surface area contributed by atoms with Crippen molar-refractivity contribution in [2.45, 2.75) is 94.9 Å². The van der Waals surface area contributed by atoms with Gasteiger partial charge in [0.25, 0.3) is 0 Å². The van der Waals surface area contributed by atoms with Gasteiger partial charge in [0.2, 0.25) is 0 Å². The van der Waals surface area contributed by atoms with Crippen molar-refractivity contribution in [1.82, 2.24) is 20.2 Å². The average Bonchev–Trinajstić information content (AvgIpc) is 3.42. The minimum atomic E-state index is -1.24. The van der Waals surface area contributed by atoms with E-state index in [9.17, 15) is 19.8 Å². The highest BCUT2D eigenvalue weighted by Crippen LogP contribution is 2.48. The van der Waals surface area contributed by atoms with E-state index < -0.39 is 29.4 Å². The Balaban J connectivity index is 0.956. The Kier molecular flexibility index (Phi) is 8.77. The molecule has 0 spiro atoms. The lowest BCUT2D eigenvalue weighted by Gasteiger charge is -2.39. The number of rotatable bonds is 11. The van der Waals surface area contributed by atoms with Crippen molar-refractivity contribution in [2.24, 2.45) is 11.5 Å². The number of epoxide rings is 1. The number of aliphatic hydroxyl groups excluding tert-OH is 1. The summed E-state index contributed by atoms with van der Waals surface area (Å²) in [7, 11) is 0. The van der Waals surface area contributed by atoms with Gasteiger partial charge in [-0.3, -0.25) is 4.79 Å². The van der Waals surface area contributed by atoms with Crippen molar-refractivity contribution in [2.75, 3.05) is 6.61 Å². The number of aromatic hydroxyl groups is 1. The normalized spacial score (nSPS) is 25.7. The number of hydrogen-bond acceptors (Lipinski definition) is 12. The highest BCUT2D eigenvalue weighted by atomic mass is 16.7. The maximum atomic E-state index is 14.0. The highest BCUT2D eigenvalue weighted by molar-refractivity contribution is 5.87. The molecular weight excluding hydrogens is 692 g/mol. The zero-order valence-electron chi connectivity index (χ0n) is 30.5. The molecule has 0 saturated carbocycles. The van der Waals surface area contributed by atoms with E-state index in [0.717, 1.165) is 22.0 Å². The molecule has 0 amide bonds. The van der Waals surface area contributed by atoms with Gasteiger partial charge in [-0.2, -0.15) is 0 Å². The minimum absolute atomic E-state index is 0.0365. The fourth-order valence-corrected chi connectivity index (χ4v) is 8.02. The summed E-state index contributed by atoms with van der Waals surface area (Å²) < 4.78 is 26.4. The molecule has 7 heterocycles. The number of phenolic OH excluding ortho intramolecular Hbond substituents is 1. The van der Waals surface area contributed by atoms with Gasteiger partial charge < -0.3 is 60.5 Å². The smallest absolute Gasteiger partial charge is 0.341 e. The number of carbonyl (C=O) groups is 1. The molecule has 4 aliphatic rings. The lowest BCUT2D eigenvalue weighted by atomic mass is 9.89. The summed E-state index contributed by atoms with van der Waals surface area (Å²) in [4.78, 5) is 30.0. The second-order valence-electron chi connectivity index (χ2n) is 15.2. The van der Waals surface area contributed by atoms with E-state index >= 15 is 0 Å². The maximum Gasteiger partial charge on any atom is 0.341 e. The van der Waals surface area contributed by atoms with E-state index in [1.54, 1.807) is 26.8 Å². The number of nitrogens with zero attached hydrogens (tertiary/aromatic N) is 1. The van der Waals surface area contributed by atoms with Crippen molar-refractivity contribution in [3.8, 4) is 11.5 Å². The summed E-state index contributed by atoms with van der Waals surface area (Å²) in [6.07, 6.45) is 14.7. The number of allylic oxidation sites excluding steroid dienone is 2. The van der Waals surface area contributed by atoms with Crippen LogP contribution in [0.25, 0.3) is 21.9 Å². The van der Waals surface area contributed by atoms with Crippen molar-refractivity contribution in [3.05, 3.63) is 105 Å². The number of hydrogen-bond donors (Lipinski definition) is 7. The van der Waals surface area contributed by atoms with Gasteiger partial charge in [0.1, 0.15) is 39.9 Å². The molecule has 4 aromatic rings. The number of aliphatic hydroxyl groups is 1. The fraction of sp³-hybridized carbons (Fsp3) is 0.400. The van der Waals surface area contributed by atoms with E-state index in [1.165, 1.54) is 6.07 Å². The Labute approximate surface area is 311 Å². The van der Waals surface area contributed by atoms with Gasteiger partial charge in [0.15, 0.2) is 11.0 Å². The molecule has 1 aromatic carbocycles. The number of nitrogens with two attached hydrogens (primary N) is 2. The second kappa shape index (κ2) is 13.4. The molecular formula is C40H46N6O8. The average molecular weight is 739 g/mol. The van der Waals surface area contributed by atoms with Crippen LogP contribution in [0, 0.1) is 6.92 Å². The second-order valence-corrected chi connectivity index (χ2v) is 15.2. The number of phenols is 1. The zero-order valence-corrected chi connectivity index (χ0v) is 30.5. The molecule has 0 aliphatic carbocycles. The SMILES string of the molecule is Cc1cc(=O)c2c(O)c3c(cc2o1)OC(C)(C)[C@H](OC(=O)[C@@]1(CCCO)O[C@@H]1CCC1=CC(C2=CC(Cn4cc5cc[nH]c5c4)NC(N)=C2)NC(N)=C1)C3. The van der Waals surface area contributed by atoms with Gasteiger partial charge in [0.05, 0.1) is 35.3 Å². The third kappa shape index (κ3) is 6.60. The number of aromatic amines is 1. The topological polar surface area (TPSA) is 216 Å². The van der Waals surface area contributed by atoms with Gasteiger partial charge >= 0.3 is 5.97 Å². The molecule has 4 aliphatic heterocycles. The third-order valence-electron chi connectivity index (χ3n) is 10.8. The predicted molar refractivity (Wildman–Crippen MR) is 201 cm³/mol. The van der Waals surface area contributed by atoms with Gasteiger partial charge in [-0.15, -0.1) is 0 Å². The molecule has 14 heteroatoms. The van der Waals surface area contributed by atoms with Crippen molar-refractivity contribution in [1.29, 1.82) is 0 Å². The van der Waals surface area contributed by atoms with Gasteiger partial charge in [0, 0.05) is 61.2 Å². The van der Waals surface area contributed by atoms with E-state index in [-0.39, 0.29) is 53.7 Å². The van der Waals surface area contributed by atoms with E-state index in [0.29, 0.717) is 54.5 Å². The van der Waals surface area contributed by atoms with Crippen LogP contribution in [0.15, 0.2) is 93.1 Å². The first-order valence-corrected chi connectivity index (χ1v) is 18.3. The number of dihydropyridines is 2. The van der Waals surface area contributed by atoms with Crippen LogP contribution in [0.3, 0.4) is 0 Å². The number of ether oxygens (including phenoxy) is 3. The highest BCUT2D eigenvalue weighted by Gasteiger charge is 2.63. The lowest BCUT2D eigenvalue weighted by molar-refractivity contribution is -0.168. The number of fused-ring (bicyclic) bond motifs is 3. The number of benzene rings is 1. The monoisotopic (exact) mass is 738 g/mol. The molecule has 8 rings (SSSR count). The Hall–Kier alpha value is -5.60. The number of H-pyrrole nitrogens is 1. The predicted octanol–water partition coefficient (Wildman–Crippen LogP) is 3.50. The molecule has 2 unspecified atom stereocenters. The van der Waals surface area contributed by atoms with Crippen LogP contribution in [-0.4, -0.2) is 67.8 Å². The lowest BCUT2D eigenvalue weighted by Crippen LogP contribution is -2.50. The van der Waals surface area contributed by atoms with Crippen LogP contribution >= 0.6 is 0 Å². The standard InChI is InChI=1S/C40H46N6O8/c1-21-11-29(48)36-31(51-21)17-30-26(37(36)49)16-33(39(2,3)53-30)52-38(50)40(8-4-10-47)32(54-40)6-5-22-12-27(45-34(41)13-22)24-14-25(44-35(42)15-24)19-46-18-23-7-9-43-28(23)20-46/h7,9,11-15,17-18,20,25,27,32-33,43-45,47,49H,4-6,8,10,16,19,41-42H2,1-3H3/t25?,27?,32-,33-,40+/m1/s1. The molecule has 1 fully saturated rings. The summed E-state index contributed by atoms with van der Waals surface area (Å²) >= 11 is 0. The fourth-order valence-electron chi connectivity index (χ4n) is 8.02. The van der Waals surface area contributed by atoms with Gasteiger partial charge in [-0.25, -0.2) is 4.79 Å². The molecule has 3 aromatic heterocycles. The van der Waals surface area contributed by atoms with Crippen molar-refractivity contribution in [3.63, 3.8) is 0 Å². The van der Waals surface area contributed by atoms with Crippen LogP contribution < -0.4 is 32.3 Å². The summed E-state index contributed by atoms with van der Waals surface area (Å²) in [6, 6.07) is 4.71. The molecule has 9 N–H and O–H groups in total. The number of esters is 1. The third-order valence-corrected chi connectivity index (χ3v) is 10.8. The molecule has 0 bridgehead atoms. The first-order valence-electron chi connectivity index (χ1n) is 18.3. The van der Waals surface area contributed by atoms with Gasteiger partial charge in [-0.05, 0) is 75.8 Å². The Bertz CT molecular complexity index is 2300. The van der Waals surface area contributed by atoms with Gasteiger partial charge in [-0.1, -0.05) is 12.2 Å². The summed E-state index contributed by atoms with van der Waals surface area (Å²) in [6.45, 7) is 5.83. The van der Waals surface area contributed by atoms with Crippen LogP contribution in [0.4, 0.5) is 0 Å². The molecule has 54 heavy (non-hydrogen) atoms. The van der Waals surface area contributed by atoms with Crippen molar-refractivity contribution < 1.29 is 33.6 Å². The maximum absolute atomic E-state index is 14.0. The number of carbonyl (C=O) groups excluding carboxylic acids is 1. The van der Waals surface area contributed by atoms with Crippen LogP contribution in [0.1, 0.15) is 50.9 Å². The van der Waals surface area contributed by atoms with Crippen LogP contribution in [-0.2, 0) is 27.2 Å². The van der Waals surface area contributed by atoms with Crippen LogP contribution in [0.5, 0.6) is 11.5 Å². The zero-order chi connectivity index (χ0) is 37.9.